The van der Waals surface area contributed by atoms with Gasteiger partial charge in [0.15, 0.2) is 0 Å². The van der Waals surface area contributed by atoms with Crippen LogP contribution < -0.4 is 0 Å². The van der Waals surface area contributed by atoms with Gasteiger partial charge < -0.3 is 9.40 Å². The second kappa shape index (κ2) is 16.1. The normalized spacial score (nSPS) is 12.4. The molecule has 0 amide bonds. The van der Waals surface area contributed by atoms with Crippen molar-refractivity contribution in [3.8, 4) is 50.8 Å². The third kappa shape index (κ3) is 8.23. The first-order valence-corrected chi connectivity index (χ1v) is 18.0. The number of hydrogen-bond acceptors (Lipinski definition) is 5. The number of furan rings is 1. The zero-order valence-electron chi connectivity index (χ0n) is 35.0. The zero-order valence-corrected chi connectivity index (χ0v) is 34.4. The van der Waals surface area contributed by atoms with Gasteiger partial charge in [-0.3, -0.25) is 9.37 Å². The number of rotatable bonds is 4. The molecule has 0 saturated heterocycles. The molecule has 1 radical (unpaired) electrons. The van der Waals surface area contributed by atoms with Crippen LogP contribution >= 0.6 is 0 Å². The van der Waals surface area contributed by atoms with E-state index in [2.05, 4.69) is 80.8 Å². The Morgan fingerprint density at radius 1 is 0.732 bits per heavy atom. The summed E-state index contributed by atoms with van der Waals surface area (Å²) in [6.45, 7) is 10.2. The summed E-state index contributed by atoms with van der Waals surface area (Å²) >= 11 is 0. The summed E-state index contributed by atoms with van der Waals surface area (Å²) in [5.41, 5.74) is 9.57. The van der Waals surface area contributed by atoms with Crippen molar-refractivity contribution in [2.45, 2.75) is 59.2 Å². The second-order valence-electron chi connectivity index (χ2n) is 15.4. The van der Waals surface area contributed by atoms with Crippen LogP contribution in [0.5, 0.6) is 0 Å². The third-order valence-corrected chi connectivity index (χ3v) is 9.49. The molecule has 0 fully saturated rings. The number of aromatic nitrogens is 3. The molecule has 0 N–H and O–H groups in total. The Hall–Kier alpha value is -5.80. The maximum Gasteiger partial charge on any atom is 0.130 e. The number of hydrogen-bond donors (Lipinski definition) is 0. The van der Waals surface area contributed by atoms with Crippen LogP contribution in [0.2, 0.25) is 0 Å². The van der Waals surface area contributed by atoms with Gasteiger partial charge in [-0.15, -0.1) is 47.5 Å². The fourth-order valence-electron chi connectivity index (χ4n) is 6.38. The molecule has 0 spiro atoms. The molecule has 0 aliphatic heterocycles. The van der Waals surface area contributed by atoms with Gasteiger partial charge >= 0.3 is 0 Å². The summed E-state index contributed by atoms with van der Waals surface area (Å²) in [4.78, 5) is 13.3. The largest absolute Gasteiger partial charge is 0.500 e. The number of halogens is 1. The Morgan fingerprint density at radius 2 is 1.46 bits per heavy atom. The van der Waals surface area contributed by atoms with Gasteiger partial charge in [0.2, 0.25) is 0 Å². The number of fused-ring (bicyclic) bond motifs is 3. The average Bonchev–Trinajstić information content (AvgIpc) is 3.60. The fraction of sp³-hybridized carbons (Fsp3) is 0.184. The monoisotopic (exact) mass is 916 g/mol. The molecule has 5 aromatic carbocycles. The van der Waals surface area contributed by atoms with Crippen LogP contribution in [0.15, 0.2) is 126 Å². The van der Waals surface area contributed by atoms with Gasteiger partial charge in [0.1, 0.15) is 11.9 Å². The van der Waals surface area contributed by atoms with E-state index >= 15 is 0 Å². The van der Waals surface area contributed by atoms with E-state index in [-0.39, 0.29) is 42.3 Å². The van der Waals surface area contributed by atoms with E-state index in [1.165, 1.54) is 30.1 Å². The predicted octanol–water partition coefficient (Wildman–Crippen LogP) is 12.6. The van der Waals surface area contributed by atoms with E-state index in [1.807, 2.05) is 72.9 Å². The molecule has 3 aromatic heterocycles. The standard InChI is InChI=1S/C34H26N3O.C15H15FN.Ir/c1-21-10-16-26(28-18-29(34(2,3)4)37-20-36-28)32-30(21)27-17-15-25(19-35)31(33(27)38-32)24-13-11-23(12-14-24)22-8-6-5-7-9-22;1-15(2,3)12-6-9-14(17-10-12)11-4-7-13(16)8-5-11;/h5-15,17-18,20H,1-4H3;4,6-10H,1-3H3;/q2*-1;/i1D3;;. The number of nitriles is 1. The molecule has 0 aliphatic rings. The Kier molecular flexibility index (Phi) is 10.3. The van der Waals surface area contributed by atoms with Crippen molar-refractivity contribution in [2.24, 2.45) is 0 Å². The van der Waals surface area contributed by atoms with Crippen molar-refractivity contribution in [3.63, 3.8) is 0 Å². The van der Waals surface area contributed by atoms with Crippen LogP contribution in [0.25, 0.3) is 66.7 Å². The molecular formula is C49H41FIrN4O-2. The minimum atomic E-state index is -2.41. The van der Waals surface area contributed by atoms with Gasteiger partial charge in [0.25, 0.3) is 0 Å². The third-order valence-electron chi connectivity index (χ3n) is 9.49. The topological polar surface area (TPSA) is 75.6 Å². The number of nitrogens with zero attached hydrogens (tertiary/aromatic N) is 4. The smallest absolute Gasteiger partial charge is 0.130 e. The van der Waals surface area contributed by atoms with Gasteiger partial charge in [-0.05, 0) is 45.1 Å². The van der Waals surface area contributed by atoms with Crippen LogP contribution in [0.4, 0.5) is 4.39 Å². The molecule has 5 nitrogen and oxygen atoms in total. The maximum absolute atomic E-state index is 12.8. The van der Waals surface area contributed by atoms with E-state index in [9.17, 15) is 9.65 Å². The summed E-state index contributed by atoms with van der Waals surface area (Å²) in [6, 6.07) is 41.6. The van der Waals surface area contributed by atoms with E-state index < -0.39 is 6.85 Å². The van der Waals surface area contributed by atoms with Crippen molar-refractivity contribution < 1.29 is 33.0 Å². The van der Waals surface area contributed by atoms with Crippen molar-refractivity contribution in [1.82, 2.24) is 15.0 Å². The first-order valence-electron chi connectivity index (χ1n) is 19.5. The van der Waals surface area contributed by atoms with Crippen LogP contribution in [0.3, 0.4) is 0 Å². The summed E-state index contributed by atoms with van der Waals surface area (Å²) < 4.78 is 44.1. The fourth-order valence-corrected chi connectivity index (χ4v) is 6.38. The summed E-state index contributed by atoms with van der Waals surface area (Å²) in [5.74, 6) is -0.278. The van der Waals surface area contributed by atoms with Crippen molar-refractivity contribution in [1.29, 1.82) is 5.26 Å². The number of pyridine rings is 1. The first kappa shape index (κ1) is 35.9. The van der Waals surface area contributed by atoms with Gasteiger partial charge in [-0.1, -0.05) is 138 Å². The van der Waals surface area contributed by atoms with Gasteiger partial charge in [0.05, 0.1) is 17.2 Å². The first-order chi connectivity index (χ1) is 27.5. The molecule has 8 rings (SSSR count). The van der Waals surface area contributed by atoms with Crippen LogP contribution in [-0.2, 0) is 30.9 Å². The minimum absolute atomic E-state index is 0. The van der Waals surface area contributed by atoms with E-state index in [4.69, 9.17) is 8.53 Å². The van der Waals surface area contributed by atoms with E-state index in [0.717, 1.165) is 33.6 Å². The average molecular weight is 916 g/mol. The Morgan fingerprint density at radius 3 is 2.09 bits per heavy atom. The van der Waals surface area contributed by atoms with Gasteiger partial charge in [-0.25, -0.2) is 4.98 Å². The molecule has 0 aliphatic carbocycles. The van der Waals surface area contributed by atoms with Crippen molar-refractivity contribution >= 4 is 21.9 Å². The molecular weight excluding hydrogens is 872 g/mol. The van der Waals surface area contributed by atoms with Crippen molar-refractivity contribution in [2.75, 3.05) is 0 Å². The summed E-state index contributed by atoms with van der Waals surface area (Å²) in [5, 5.41) is 11.2. The Balaban J connectivity index is 0.000000273. The Labute approximate surface area is 345 Å². The SMILES string of the molecule is CC(C)(C)c1ccc(-c2[c-]cc(F)cc2)nc1.[2H]C([2H])([2H])c1c[c-]c(-c2cc(C(C)(C)C)ncn2)c2oc3c(-c4ccc(-c5ccccc5)cc4)c(C#N)ccc3c12.[Ir]. The molecule has 56 heavy (non-hydrogen) atoms. The minimum Gasteiger partial charge on any atom is -0.500 e. The van der Waals surface area contributed by atoms with Gasteiger partial charge in [-0.2, -0.15) is 5.26 Å². The predicted molar refractivity (Wildman–Crippen MR) is 220 cm³/mol. The Bertz CT molecular complexity index is 2780. The molecule has 8 aromatic rings. The maximum atomic E-state index is 12.8. The molecule has 7 heteroatoms. The zero-order chi connectivity index (χ0) is 41.4. The van der Waals surface area contributed by atoms with Crippen LogP contribution in [-0.4, -0.2) is 15.0 Å². The quantitative estimate of drug-likeness (QED) is 0.164. The van der Waals surface area contributed by atoms with Gasteiger partial charge in [0, 0.05) is 58.3 Å². The van der Waals surface area contributed by atoms with Crippen LogP contribution in [0.1, 0.15) is 68.0 Å². The number of benzene rings is 5. The van der Waals surface area contributed by atoms with E-state index in [1.54, 1.807) is 18.2 Å². The molecule has 0 unspecified atom stereocenters. The summed E-state index contributed by atoms with van der Waals surface area (Å²) in [6.07, 6.45) is 3.37. The molecule has 0 saturated carbocycles. The number of aryl methyl sites for hydroxylation is 1. The second-order valence-corrected chi connectivity index (χ2v) is 15.4. The molecule has 0 bridgehead atoms. The molecule has 281 valence electrons. The van der Waals surface area contributed by atoms with Crippen LogP contribution in [0, 0.1) is 36.1 Å². The van der Waals surface area contributed by atoms with E-state index in [0.29, 0.717) is 44.3 Å². The molecule has 0 atom stereocenters. The summed E-state index contributed by atoms with van der Waals surface area (Å²) in [7, 11) is 0. The molecule has 3 heterocycles. The van der Waals surface area contributed by atoms with Crippen molar-refractivity contribution in [3.05, 3.63) is 162 Å².